The van der Waals surface area contributed by atoms with Crippen molar-refractivity contribution in [2.24, 2.45) is 5.92 Å². The molecule has 1 aliphatic rings. The fourth-order valence-corrected chi connectivity index (χ4v) is 2.97. The normalized spacial score (nSPS) is 20.3. The van der Waals surface area contributed by atoms with E-state index in [1.807, 2.05) is 0 Å². The minimum Gasteiger partial charge on any atom is -0.310 e. The minimum absolute atomic E-state index is 0.712. The summed E-state index contributed by atoms with van der Waals surface area (Å²) < 4.78 is 0. The largest absolute Gasteiger partial charge is 0.310 e. The average molecular weight is 245 g/mol. The molecule has 100 valence electrons. The maximum Gasteiger partial charge on any atom is 0.0210 e. The molecule has 1 aliphatic heterocycles. The van der Waals surface area contributed by atoms with Gasteiger partial charge in [-0.05, 0) is 54.7 Å². The molecule has 1 heteroatoms. The summed E-state index contributed by atoms with van der Waals surface area (Å²) in [6.07, 6.45) is 6.37. The van der Waals surface area contributed by atoms with Crippen molar-refractivity contribution in [1.82, 2.24) is 5.32 Å². The van der Waals surface area contributed by atoms with Crippen LogP contribution in [0, 0.1) is 5.92 Å². The van der Waals surface area contributed by atoms with Crippen LogP contribution in [0.15, 0.2) is 18.2 Å². The highest BCUT2D eigenvalue weighted by atomic mass is 14.9. The second-order valence-corrected chi connectivity index (χ2v) is 6.06. The highest BCUT2D eigenvalue weighted by molar-refractivity contribution is 5.32. The number of benzene rings is 1. The lowest BCUT2D eigenvalue weighted by molar-refractivity contribution is 0.382. The summed E-state index contributed by atoms with van der Waals surface area (Å²) in [5.41, 5.74) is 4.57. The van der Waals surface area contributed by atoms with Crippen LogP contribution in [-0.4, -0.2) is 6.04 Å². The standard InChI is InChI=1S/C17H27N/c1-4-14-8-9-16-12-18-17(10-13(2)3)7-5-6-15(16)11-14/h8-9,11,13,17-18H,4-7,10,12H2,1-3H3. The summed E-state index contributed by atoms with van der Waals surface area (Å²) in [7, 11) is 0. The smallest absolute Gasteiger partial charge is 0.0210 e. The maximum atomic E-state index is 3.75. The zero-order valence-corrected chi connectivity index (χ0v) is 12.1. The van der Waals surface area contributed by atoms with Gasteiger partial charge >= 0.3 is 0 Å². The first-order valence-electron chi connectivity index (χ1n) is 7.53. The summed E-state index contributed by atoms with van der Waals surface area (Å²) >= 11 is 0. The Morgan fingerprint density at radius 2 is 2.11 bits per heavy atom. The molecular weight excluding hydrogens is 218 g/mol. The van der Waals surface area contributed by atoms with Crippen LogP contribution in [-0.2, 0) is 19.4 Å². The fraction of sp³-hybridized carbons (Fsp3) is 0.647. The molecule has 0 fully saturated rings. The Balaban J connectivity index is 2.06. The van der Waals surface area contributed by atoms with Crippen LogP contribution in [0.25, 0.3) is 0 Å². The minimum atomic E-state index is 0.712. The number of fused-ring (bicyclic) bond motifs is 1. The van der Waals surface area contributed by atoms with Gasteiger partial charge in [0.25, 0.3) is 0 Å². The van der Waals surface area contributed by atoms with Gasteiger partial charge in [-0.25, -0.2) is 0 Å². The van der Waals surface area contributed by atoms with E-state index in [9.17, 15) is 0 Å². The van der Waals surface area contributed by atoms with Gasteiger partial charge in [0.1, 0.15) is 0 Å². The van der Waals surface area contributed by atoms with Crippen molar-refractivity contribution in [3.05, 3.63) is 34.9 Å². The first-order chi connectivity index (χ1) is 8.69. The number of aryl methyl sites for hydroxylation is 2. The van der Waals surface area contributed by atoms with Crippen molar-refractivity contribution in [3.8, 4) is 0 Å². The van der Waals surface area contributed by atoms with E-state index in [2.05, 4.69) is 44.3 Å². The molecule has 0 amide bonds. The Bertz CT molecular complexity index is 381. The molecular formula is C17H27N. The molecule has 18 heavy (non-hydrogen) atoms. The summed E-state index contributed by atoms with van der Waals surface area (Å²) in [4.78, 5) is 0. The van der Waals surface area contributed by atoms with E-state index in [1.165, 1.54) is 36.8 Å². The van der Waals surface area contributed by atoms with E-state index in [1.54, 1.807) is 5.56 Å². The van der Waals surface area contributed by atoms with Crippen LogP contribution in [0.4, 0.5) is 0 Å². The highest BCUT2D eigenvalue weighted by Gasteiger charge is 2.15. The third-order valence-corrected chi connectivity index (χ3v) is 4.01. The Kier molecular flexibility index (Phi) is 4.82. The van der Waals surface area contributed by atoms with Crippen LogP contribution in [0.2, 0.25) is 0 Å². The molecule has 1 N–H and O–H groups in total. The second kappa shape index (κ2) is 6.38. The summed E-state index contributed by atoms with van der Waals surface area (Å²) in [6, 6.07) is 7.75. The van der Waals surface area contributed by atoms with Gasteiger partial charge in [0.15, 0.2) is 0 Å². The molecule has 2 rings (SSSR count). The molecule has 1 atom stereocenters. The first-order valence-corrected chi connectivity index (χ1v) is 7.53. The molecule has 1 heterocycles. The van der Waals surface area contributed by atoms with Crippen LogP contribution in [0.1, 0.15) is 56.7 Å². The molecule has 1 unspecified atom stereocenters. The van der Waals surface area contributed by atoms with Crippen molar-refractivity contribution in [2.75, 3.05) is 0 Å². The van der Waals surface area contributed by atoms with Crippen molar-refractivity contribution in [1.29, 1.82) is 0 Å². The lowest BCUT2D eigenvalue weighted by Gasteiger charge is -2.24. The van der Waals surface area contributed by atoms with Gasteiger partial charge in [-0.1, -0.05) is 39.0 Å². The maximum absolute atomic E-state index is 3.75. The van der Waals surface area contributed by atoms with Crippen molar-refractivity contribution in [2.45, 2.75) is 65.5 Å². The topological polar surface area (TPSA) is 12.0 Å². The lowest BCUT2D eigenvalue weighted by atomic mass is 9.92. The summed E-state index contributed by atoms with van der Waals surface area (Å²) in [6.45, 7) is 7.93. The second-order valence-electron chi connectivity index (χ2n) is 6.06. The van der Waals surface area contributed by atoms with Crippen LogP contribution in [0.5, 0.6) is 0 Å². The van der Waals surface area contributed by atoms with Crippen LogP contribution < -0.4 is 5.32 Å². The Labute approximate surface area is 112 Å². The lowest BCUT2D eigenvalue weighted by Crippen LogP contribution is -2.31. The van der Waals surface area contributed by atoms with Crippen molar-refractivity contribution < 1.29 is 0 Å². The third-order valence-electron chi connectivity index (χ3n) is 4.01. The molecule has 1 nitrogen and oxygen atoms in total. The van der Waals surface area contributed by atoms with E-state index in [4.69, 9.17) is 0 Å². The van der Waals surface area contributed by atoms with E-state index < -0.39 is 0 Å². The van der Waals surface area contributed by atoms with Gasteiger partial charge < -0.3 is 5.32 Å². The number of rotatable bonds is 3. The zero-order valence-electron chi connectivity index (χ0n) is 12.1. The molecule has 0 aliphatic carbocycles. The molecule has 0 aromatic heterocycles. The van der Waals surface area contributed by atoms with Crippen LogP contribution in [0.3, 0.4) is 0 Å². The zero-order chi connectivity index (χ0) is 13.0. The molecule has 1 aromatic rings. The number of hydrogen-bond acceptors (Lipinski definition) is 1. The van der Waals surface area contributed by atoms with E-state index in [0.717, 1.165) is 18.9 Å². The Hall–Kier alpha value is -0.820. The van der Waals surface area contributed by atoms with Gasteiger partial charge in [0, 0.05) is 12.6 Å². The van der Waals surface area contributed by atoms with Crippen molar-refractivity contribution >= 4 is 0 Å². The predicted molar refractivity (Wildman–Crippen MR) is 78.8 cm³/mol. The van der Waals surface area contributed by atoms with E-state index in [0.29, 0.717) is 6.04 Å². The Morgan fingerprint density at radius 1 is 1.28 bits per heavy atom. The average Bonchev–Trinajstić information content (AvgIpc) is 2.33. The molecule has 1 aromatic carbocycles. The van der Waals surface area contributed by atoms with Crippen LogP contribution >= 0.6 is 0 Å². The third kappa shape index (κ3) is 3.58. The molecule has 0 radical (unpaired) electrons. The number of hydrogen-bond donors (Lipinski definition) is 1. The molecule has 0 saturated carbocycles. The monoisotopic (exact) mass is 245 g/mol. The molecule has 0 saturated heterocycles. The molecule has 0 bridgehead atoms. The Morgan fingerprint density at radius 3 is 2.83 bits per heavy atom. The van der Waals surface area contributed by atoms with Gasteiger partial charge in [-0.2, -0.15) is 0 Å². The number of nitrogens with one attached hydrogen (secondary N) is 1. The first kappa shape index (κ1) is 13.6. The van der Waals surface area contributed by atoms with Gasteiger partial charge in [-0.3, -0.25) is 0 Å². The summed E-state index contributed by atoms with van der Waals surface area (Å²) in [5, 5.41) is 3.75. The predicted octanol–water partition coefficient (Wildman–Crippen LogP) is 4.09. The fourth-order valence-electron chi connectivity index (χ4n) is 2.97. The van der Waals surface area contributed by atoms with Gasteiger partial charge in [0.05, 0.1) is 0 Å². The summed E-state index contributed by atoms with van der Waals surface area (Å²) in [5.74, 6) is 0.795. The van der Waals surface area contributed by atoms with Gasteiger partial charge in [-0.15, -0.1) is 0 Å². The van der Waals surface area contributed by atoms with E-state index >= 15 is 0 Å². The van der Waals surface area contributed by atoms with E-state index in [-0.39, 0.29) is 0 Å². The molecule has 0 spiro atoms. The van der Waals surface area contributed by atoms with Gasteiger partial charge in [0.2, 0.25) is 0 Å². The van der Waals surface area contributed by atoms with Crippen molar-refractivity contribution in [3.63, 3.8) is 0 Å². The SMILES string of the molecule is CCc1ccc2c(c1)CCCC(CC(C)C)NC2. The highest BCUT2D eigenvalue weighted by Crippen LogP contribution is 2.20. The quantitative estimate of drug-likeness (QED) is 0.845.